The lowest BCUT2D eigenvalue weighted by molar-refractivity contribution is -0.137. The second kappa shape index (κ2) is 6.65. The molecule has 24 heavy (non-hydrogen) atoms. The van der Waals surface area contributed by atoms with Crippen LogP contribution in [0.5, 0.6) is 0 Å². The van der Waals surface area contributed by atoms with Crippen LogP contribution in [0, 0.1) is 0 Å². The largest absolute Gasteiger partial charge is 0.481 e. The summed E-state index contributed by atoms with van der Waals surface area (Å²) < 4.78 is 7.40. The van der Waals surface area contributed by atoms with Crippen LogP contribution < -0.4 is 0 Å². The third-order valence-corrected chi connectivity index (χ3v) is 4.74. The maximum atomic E-state index is 13.1. The van der Waals surface area contributed by atoms with E-state index >= 15 is 0 Å². The zero-order valence-corrected chi connectivity index (χ0v) is 13.9. The van der Waals surface area contributed by atoms with Gasteiger partial charge in [-0.15, -0.1) is 0 Å². The monoisotopic (exact) mass is 330 g/mol. The molecule has 2 aromatic rings. The number of hydrogen-bond donors (Lipinski definition) is 1. The van der Waals surface area contributed by atoms with Crippen LogP contribution in [0.4, 0.5) is 0 Å². The molecule has 3 rings (SSSR count). The number of amides is 1. The number of ether oxygens (including phenoxy) is 1. The van der Waals surface area contributed by atoms with E-state index in [-0.39, 0.29) is 24.5 Å². The topological polar surface area (TPSA) is 71.8 Å². The standard InChI is InChI=1S/C18H22N2O4/c1-3-19-11-15(14-6-4-5-7-16(14)19)18(23)20-10-13(24-2)8-12(20)9-17(21)22/h4-7,11-13H,3,8-10H2,1-2H3,(H,21,22). The molecule has 1 aliphatic heterocycles. The van der Waals surface area contributed by atoms with Crippen molar-refractivity contribution in [1.29, 1.82) is 0 Å². The molecule has 1 N–H and O–H groups in total. The SMILES string of the molecule is CCn1cc(C(=O)N2CC(OC)CC2CC(=O)O)c2ccccc21. The van der Waals surface area contributed by atoms with E-state index in [1.807, 2.05) is 42.0 Å². The number of nitrogens with zero attached hydrogens (tertiary/aromatic N) is 2. The van der Waals surface area contributed by atoms with Crippen molar-refractivity contribution in [2.24, 2.45) is 0 Å². The van der Waals surface area contributed by atoms with Gasteiger partial charge in [-0.05, 0) is 19.4 Å². The van der Waals surface area contributed by atoms with Crippen LogP contribution in [0.15, 0.2) is 30.5 Å². The van der Waals surface area contributed by atoms with Crippen molar-refractivity contribution in [2.45, 2.75) is 38.5 Å². The Morgan fingerprint density at radius 1 is 1.33 bits per heavy atom. The molecule has 0 aliphatic carbocycles. The van der Waals surface area contributed by atoms with Crippen LogP contribution in [-0.4, -0.2) is 52.3 Å². The molecule has 6 nitrogen and oxygen atoms in total. The molecule has 1 aromatic carbocycles. The lowest BCUT2D eigenvalue weighted by Crippen LogP contribution is -2.37. The minimum absolute atomic E-state index is 0.0575. The first-order chi connectivity index (χ1) is 11.5. The van der Waals surface area contributed by atoms with Crippen molar-refractivity contribution in [3.05, 3.63) is 36.0 Å². The summed E-state index contributed by atoms with van der Waals surface area (Å²) in [6, 6.07) is 7.46. The normalized spacial score (nSPS) is 20.7. The molecule has 0 spiro atoms. The molecule has 128 valence electrons. The van der Waals surface area contributed by atoms with Gasteiger partial charge in [0.15, 0.2) is 0 Å². The molecule has 1 aliphatic rings. The molecule has 0 bridgehead atoms. The second-order valence-electron chi connectivity index (χ2n) is 6.15. The van der Waals surface area contributed by atoms with Crippen molar-refractivity contribution in [2.75, 3.05) is 13.7 Å². The first-order valence-electron chi connectivity index (χ1n) is 8.18. The molecule has 2 unspecified atom stereocenters. The quantitative estimate of drug-likeness (QED) is 0.913. The van der Waals surface area contributed by atoms with E-state index in [2.05, 4.69) is 0 Å². The fourth-order valence-electron chi connectivity index (χ4n) is 3.52. The fraction of sp³-hybridized carbons (Fsp3) is 0.444. The maximum Gasteiger partial charge on any atom is 0.305 e. The first-order valence-corrected chi connectivity index (χ1v) is 8.18. The van der Waals surface area contributed by atoms with Crippen LogP contribution in [0.25, 0.3) is 10.9 Å². The van der Waals surface area contributed by atoms with E-state index in [1.165, 1.54) is 0 Å². The number of benzene rings is 1. The summed E-state index contributed by atoms with van der Waals surface area (Å²) in [5, 5.41) is 10.0. The van der Waals surface area contributed by atoms with Crippen molar-refractivity contribution in [3.8, 4) is 0 Å². The number of fused-ring (bicyclic) bond motifs is 1. The Balaban J connectivity index is 1.97. The van der Waals surface area contributed by atoms with Gasteiger partial charge < -0.3 is 19.3 Å². The minimum atomic E-state index is -0.898. The predicted octanol–water partition coefficient (Wildman–Crippen LogP) is 2.37. The van der Waals surface area contributed by atoms with Crippen LogP contribution in [0.2, 0.25) is 0 Å². The minimum Gasteiger partial charge on any atom is -0.481 e. The highest BCUT2D eigenvalue weighted by molar-refractivity contribution is 6.07. The number of methoxy groups -OCH3 is 1. The molecule has 1 aromatic heterocycles. The number of carboxylic acid groups (broad SMARTS) is 1. The Morgan fingerprint density at radius 2 is 2.08 bits per heavy atom. The number of likely N-dealkylation sites (tertiary alicyclic amines) is 1. The Labute approximate surface area is 140 Å². The Kier molecular flexibility index (Phi) is 4.57. The zero-order chi connectivity index (χ0) is 17.3. The highest BCUT2D eigenvalue weighted by Crippen LogP contribution is 2.28. The van der Waals surface area contributed by atoms with Crippen molar-refractivity contribution in [3.63, 3.8) is 0 Å². The number of rotatable bonds is 5. The molecule has 1 saturated heterocycles. The number of carboxylic acids is 1. The summed E-state index contributed by atoms with van der Waals surface area (Å²) in [7, 11) is 1.60. The molecule has 2 atom stereocenters. The van der Waals surface area contributed by atoms with E-state index in [0.29, 0.717) is 18.5 Å². The van der Waals surface area contributed by atoms with Gasteiger partial charge in [-0.25, -0.2) is 0 Å². The van der Waals surface area contributed by atoms with Gasteiger partial charge in [0, 0.05) is 43.3 Å². The molecular weight excluding hydrogens is 308 g/mol. The van der Waals surface area contributed by atoms with Crippen LogP contribution in [-0.2, 0) is 16.1 Å². The summed E-state index contributed by atoms with van der Waals surface area (Å²) in [6.07, 6.45) is 2.25. The summed E-state index contributed by atoms with van der Waals surface area (Å²) in [5.74, 6) is -1.02. The van der Waals surface area contributed by atoms with Gasteiger partial charge >= 0.3 is 5.97 Å². The van der Waals surface area contributed by atoms with E-state index in [0.717, 1.165) is 17.4 Å². The number of para-hydroxylation sites is 1. The van der Waals surface area contributed by atoms with Gasteiger partial charge in [0.1, 0.15) is 0 Å². The predicted molar refractivity (Wildman–Crippen MR) is 90.1 cm³/mol. The average molecular weight is 330 g/mol. The number of aliphatic carboxylic acids is 1. The van der Waals surface area contributed by atoms with Crippen molar-refractivity contribution in [1.82, 2.24) is 9.47 Å². The van der Waals surface area contributed by atoms with E-state index in [9.17, 15) is 9.59 Å². The van der Waals surface area contributed by atoms with Gasteiger partial charge in [-0.1, -0.05) is 18.2 Å². The highest BCUT2D eigenvalue weighted by Gasteiger charge is 2.37. The highest BCUT2D eigenvalue weighted by atomic mass is 16.5. The smallest absolute Gasteiger partial charge is 0.305 e. The van der Waals surface area contributed by atoms with Crippen LogP contribution in [0.3, 0.4) is 0 Å². The van der Waals surface area contributed by atoms with Gasteiger partial charge in [-0.3, -0.25) is 9.59 Å². The lowest BCUT2D eigenvalue weighted by atomic mass is 10.1. The third kappa shape index (κ3) is 2.89. The summed E-state index contributed by atoms with van der Waals surface area (Å²) in [6.45, 7) is 3.23. The number of carbonyl (C=O) groups is 2. The maximum absolute atomic E-state index is 13.1. The summed E-state index contributed by atoms with van der Waals surface area (Å²) in [4.78, 5) is 25.9. The van der Waals surface area contributed by atoms with Gasteiger partial charge in [-0.2, -0.15) is 0 Å². The molecule has 6 heteroatoms. The lowest BCUT2D eigenvalue weighted by Gasteiger charge is -2.23. The summed E-state index contributed by atoms with van der Waals surface area (Å²) >= 11 is 0. The fourth-order valence-corrected chi connectivity index (χ4v) is 3.52. The molecule has 0 saturated carbocycles. The van der Waals surface area contributed by atoms with Gasteiger partial charge in [0.2, 0.25) is 0 Å². The Hall–Kier alpha value is -2.34. The zero-order valence-electron chi connectivity index (χ0n) is 13.9. The molecule has 2 heterocycles. The molecule has 1 amide bonds. The summed E-state index contributed by atoms with van der Waals surface area (Å²) in [5.41, 5.74) is 1.64. The van der Waals surface area contributed by atoms with Crippen molar-refractivity contribution >= 4 is 22.8 Å². The van der Waals surface area contributed by atoms with E-state index in [1.54, 1.807) is 12.0 Å². The Bertz CT molecular complexity index is 767. The third-order valence-electron chi connectivity index (χ3n) is 4.74. The number of aryl methyl sites for hydroxylation is 1. The average Bonchev–Trinajstić information content (AvgIpc) is 3.15. The molecule has 0 radical (unpaired) electrons. The van der Waals surface area contributed by atoms with Gasteiger partial charge in [0.05, 0.1) is 18.1 Å². The number of hydrogen-bond acceptors (Lipinski definition) is 3. The number of aromatic nitrogens is 1. The molecular formula is C18H22N2O4. The number of carbonyl (C=O) groups excluding carboxylic acids is 1. The van der Waals surface area contributed by atoms with Gasteiger partial charge in [0.25, 0.3) is 5.91 Å². The van der Waals surface area contributed by atoms with Crippen LogP contribution >= 0.6 is 0 Å². The van der Waals surface area contributed by atoms with E-state index < -0.39 is 5.97 Å². The molecule has 1 fully saturated rings. The first kappa shape index (κ1) is 16.5. The second-order valence-corrected chi connectivity index (χ2v) is 6.15. The van der Waals surface area contributed by atoms with E-state index in [4.69, 9.17) is 9.84 Å². The Morgan fingerprint density at radius 3 is 2.75 bits per heavy atom. The van der Waals surface area contributed by atoms with Crippen LogP contribution in [0.1, 0.15) is 30.1 Å². The van der Waals surface area contributed by atoms with Crippen molar-refractivity contribution < 1.29 is 19.4 Å².